The highest BCUT2D eigenvalue weighted by molar-refractivity contribution is 5.72. The average molecular weight is 251 g/mol. The van der Waals surface area contributed by atoms with Crippen LogP contribution in [0.5, 0.6) is 0 Å². The van der Waals surface area contributed by atoms with Gasteiger partial charge in [0.05, 0.1) is 11.6 Å². The number of nitrogens with two attached hydrogens (primary N) is 1. The molecule has 1 atom stereocenters. The first kappa shape index (κ1) is 12.8. The lowest BCUT2D eigenvalue weighted by Gasteiger charge is -2.19. The molecule has 0 bridgehead atoms. The molecule has 0 aliphatic rings. The van der Waals surface area contributed by atoms with Crippen LogP contribution in [0.25, 0.3) is 11.1 Å². The fourth-order valence-electron chi connectivity index (χ4n) is 1.90. The summed E-state index contributed by atoms with van der Waals surface area (Å²) < 4.78 is 4.99. The lowest BCUT2D eigenvalue weighted by atomic mass is 10.2. The fourth-order valence-corrected chi connectivity index (χ4v) is 1.90. The number of rotatable bonds is 5. The molecule has 1 heterocycles. The lowest BCUT2D eigenvalue weighted by Crippen LogP contribution is -2.33. The quantitative estimate of drug-likeness (QED) is 0.688. The Labute approximate surface area is 104 Å². The van der Waals surface area contributed by atoms with Crippen molar-refractivity contribution in [2.75, 3.05) is 20.1 Å². The highest BCUT2D eigenvalue weighted by atomic mass is 16.4. The molecule has 18 heavy (non-hydrogen) atoms. The van der Waals surface area contributed by atoms with E-state index in [4.69, 9.17) is 10.2 Å². The van der Waals surface area contributed by atoms with E-state index < -0.39 is 11.9 Å². The standard InChI is InChI=1S/C12H17N3O3/c1-15(7-9(16)5-13)6-8-2-3-10-11(4-8)18-12(17)14-10/h2-4,9,16H,5-7,13H2,1H3,(H,14,17). The number of nitrogens with one attached hydrogen (secondary N) is 1. The minimum absolute atomic E-state index is 0.246. The van der Waals surface area contributed by atoms with Crippen LogP contribution in [0.3, 0.4) is 0 Å². The van der Waals surface area contributed by atoms with Gasteiger partial charge in [0.15, 0.2) is 5.58 Å². The maximum Gasteiger partial charge on any atom is 0.417 e. The van der Waals surface area contributed by atoms with Crippen LogP contribution in [0.2, 0.25) is 0 Å². The summed E-state index contributed by atoms with van der Waals surface area (Å²) in [5, 5.41) is 9.45. The van der Waals surface area contributed by atoms with Gasteiger partial charge in [-0.1, -0.05) is 6.07 Å². The van der Waals surface area contributed by atoms with E-state index in [1.54, 1.807) is 0 Å². The summed E-state index contributed by atoms with van der Waals surface area (Å²) in [7, 11) is 1.90. The van der Waals surface area contributed by atoms with Crippen molar-refractivity contribution >= 4 is 11.1 Å². The van der Waals surface area contributed by atoms with Crippen molar-refractivity contribution in [3.05, 3.63) is 34.3 Å². The number of hydrogen-bond donors (Lipinski definition) is 3. The smallest absolute Gasteiger partial charge is 0.408 e. The van der Waals surface area contributed by atoms with Crippen LogP contribution in [-0.2, 0) is 6.54 Å². The molecule has 0 saturated heterocycles. The van der Waals surface area contributed by atoms with Crippen LogP contribution in [0, 0.1) is 0 Å². The third-order valence-corrected chi connectivity index (χ3v) is 2.73. The Bertz CT molecular complexity index is 575. The van der Waals surface area contributed by atoms with E-state index in [1.807, 2.05) is 30.1 Å². The van der Waals surface area contributed by atoms with Gasteiger partial charge in [-0.25, -0.2) is 4.79 Å². The first-order valence-corrected chi connectivity index (χ1v) is 5.77. The summed E-state index contributed by atoms with van der Waals surface area (Å²) >= 11 is 0. The van der Waals surface area contributed by atoms with Gasteiger partial charge >= 0.3 is 5.76 Å². The second-order valence-corrected chi connectivity index (χ2v) is 4.43. The predicted octanol–water partition coefficient (Wildman–Crippen LogP) is -0.128. The molecule has 0 radical (unpaired) electrons. The predicted molar refractivity (Wildman–Crippen MR) is 68.2 cm³/mol. The highest BCUT2D eigenvalue weighted by Crippen LogP contribution is 2.13. The number of aliphatic hydroxyl groups is 1. The number of H-pyrrole nitrogens is 1. The normalized spacial score (nSPS) is 13.3. The zero-order valence-electron chi connectivity index (χ0n) is 10.2. The zero-order valence-corrected chi connectivity index (χ0v) is 10.2. The SMILES string of the molecule is CN(Cc1ccc2[nH]c(=O)oc2c1)CC(O)CN. The molecule has 0 aliphatic carbocycles. The van der Waals surface area contributed by atoms with E-state index in [-0.39, 0.29) is 6.54 Å². The maximum atomic E-state index is 11.0. The maximum absolute atomic E-state index is 11.0. The molecule has 1 aromatic carbocycles. The Balaban J connectivity index is 2.09. The van der Waals surface area contributed by atoms with Gasteiger partial charge in [0.1, 0.15) is 0 Å². The number of oxazole rings is 1. The number of aliphatic hydroxyl groups excluding tert-OH is 1. The Hall–Kier alpha value is -1.63. The molecule has 1 unspecified atom stereocenters. The molecule has 98 valence electrons. The molecule has 2 rings (SSSR count). The molecule has 0 fully saturated rings. The Morgan fingerprint density at radius 3 is 3.06 bits per heavy atom. The molecule has 1 aromatic heterocycles. The third kappa shape index (κ3) is 2.98. The summed E-state index contributed by atoms with van der Waals surface area (Å²) in [5.74, 6) is -0.450. The van der Waals surface area contributed by atoms with E-state index in [1.165, 1.54) is 0 Å². The minimum Gasteiger partial charge on any atom is -0.408 e. The molecule has 4 N–H and O–H groups in total. The summed E-state index contributed by atoms with van der Waals surface area (Å²) in [6.45, 7) is 1.41. The Morgan fingerprint density at radius 1 is 1.56 bits per heavy atom. The first-order chi connectivity index (χ1) is 8.58. The van der Waals surface area contributed by atoms with E-state index in [0.717, 1.165) is 5.56 Å². The van der Waals surface area contributed by atoms with Crippen LogP contribution in [0.1, 0.15) is 5.56 Å². The topological polar surface area (TPSA) is 95.5 Å². The molecule has 6 heteroatoms. The van der Waals surface area contributed by atoms with E-state index >= 15 is 0 Å². The molecule has 0 spiro atoms. The van der Waals surface area contributed by atoms with Crippen molar-refractivity contribution in [3.63, 3.8) is 0 Å². The van der Waals surface area contributed by atoms with Crippen molar-refractivity contribution in [2.45, 2.75) is 12.6 Å². The van der Waals surface area contributed by atoms with Crippen LogP contribution in [0.15, 0.2) is 27.4 Å². The van der Waals surface area contributed by atoms with Crippen LogP contribution in [-0.4, -0.2) is 41.2 Å². The molecule has 2 aromatic rings. The van der Waals surface area contributed by atoms with Gasteiger partial charge in [-0.15, -0.1) is 0 Å². The van der Waals surface area contributed by atoms with Crippen molar-refractivity contribution in [1.82, 2.24) is 9.88 Å². The number of aromatic amines is 1. The first-order valence-electron chi connectivity index (χ1n) is 5.77. The molecule has 0 saturated carbocycles. The van der Waals surface area contributed by atoms with Crippen molar-refractivity contribution in [1.29, 1.82) is 0 Å². The van der Waals surface area contributed by atoms with E-state index in [9.17, 15) is 9.90 Å². The van der Waals surface area contributed by atoms with Crippen molar-refractivity contribution < 1.29 is 9.52 Å². The molecular formula is C12H17N3O3. The minimum atomic E-state index is -0.524. The highest BCUT2D eigenvalue weighted by Gasteiger charge is 2.08. The number of fused-ring (bicyclic) bond motifs is 1. The average Bonchev–Trinajstić information content (AvgIpc) is 2.68. The number of nitrogens with zero attached hydrogens (tertiary/aromatic N) is 1. The summed E-state index contributed by atoms with van der Waals surface area (Å²) in [6.07, 6.45) is -0.524. The van der Waals surface area contributed by atoms with Crippen molar-refractivity contribution in [3.8, 4) is 0 Å². The summed E-state index contributed by atoms with van der Waals surface area (Å²) in [5.41, 5.74) is 7.61. The molecule has 0 amide bonds. The van der Waals surface area contributed by atoms with Crippen LogP contribution < -0.4 is 11.5 Å². The van der Waals surface area contributed by atoms with E-state index in [0.29, 0.717) is 24.2 Å². The van der Waals surface area contributed by atoms with Crippen LogP contribution >= 0.6 is 0 Å². The lowest BCUT2D eigenvalue weighted by molar-refractivity contribution is 0.129. The van der Waals surface area contributed by atoms with Crippen molar-refractivity contribution in [2.24, 2.45) is 5.73 Å². The largest absolute Gasteiger partial charge is 0.417 e. The Kier molecular flexibility index (Phi) is 3.81. The van der Waals surface area contributed by atoms with Gasteiger partial charge in [0, 0.05) is 19.6 Å². The van der Waals surface area contributed by atoms with Gasteiger partial charge < -0.3 is 15.3 Å². The Morgan fingerprint density at radius 2 is 2.33 bits per heavy atom. The molecular weight excluding hydrogens is 234 g/mol. The zero-order chi connectivity index (χ0) is 13.1. The molecule has 6 nitrogen and oxygen atoms in total. The number of hydrogen-bond acceptors (Lipinski definition) is 5. The fraction of sp³-hybridized carbons (Fsp3) is 0.417. The summed E-state index contributed by atoms with van der Waals surface area (Å²) in [4.78, 5) is 15.6. The number of aromatic nitrogens is 1. The summed E-state index contributed by atoms with van der Waals surface area (Å²) in [6, 6.07) is 5.54. The number of likely N-dealkylation sites (N-methyl/N-ethyl adjacent to an activating group) is 1. The van der Waals surface area contributed by atoms with Gasteiger partial charge in [-0.05, 0) is 24.7 Å². The second-order valence-electron chi connectivity index (χ2n) is 4.43. The van der Waals surface area contributed by atoms with Gasteiger partial charge in [-0.2, -0.15) is 0 Å². The molecule has 0 aliphatic heterocycles. The van der Waals surface area contributed by atoms with Gasteiger partial charge in [0.25, 0.3) is 0 Å². The number of benzene rings is 1. The van der Waals surface area contributed by atoms with Gasteiger partial charge in [0.2, 0.25) is 0 Å². The van der Waals surface area contributed by atoms with E-state index in [2.05, 4.69) is 4.98 Å². The van der Waals surface area contributed by atoms with Crippen LogP contribution in [0.4, 0.5) is 0 Å². The third-order valence-electron chi connectivity index (χ3n) is 2.73. The monoisotopic (exact) mass is 251 g/mol. The second kappa shape index (κ2) is 5.34. The van der Waals surface area contributed by atoms with Gasteiger partial charge in [-0.3, -0.25) is 9.88 Å².